The summed E-state index contributed by atoms with van der Waals surface area (Å²) in [6.07, 6.45) is 0. The van der Waals surface area contributed by atoms with Crippen LogP contribution in [0.2, 0.25) is 0 Å². The number of methoxy groups -OCH3 is 1. The van der Waals surface area contributed by atoms with Gasteiger partial charge in [-0.1, -0.05) is 68.3 Å². The van der Waals surface area contributed by atoms with E-state index in [1.165, 1.54) is 7.11 Å². The molecule has 1 N–H and O–H groups in total. The van der Waals surface area contributed by atoms with E-state index in [0.717, 1.165) is 5.56 Å². The number of carbonyl (C=O) groups excluding carboxylic acids is 2. The number of alkyl halides is 2. The average Bonchev–Trinajstić information content (AvgIpc) is 2.60. The van der Waals surface area contributed by atoms with E-state index in [-0.39, 0.29) is 10.7 Å². The van der Waals surface area contributed by atoms with Crippen LogP contribution in [0.15, 0.2) is 54.6 Å². The molecule has 2 atom stereocenters. The second-order valence-electron chi connectivity index (χ2n) is 4.78. The van der Waals surface area contributed by atoms with Gasteiger partial charge in [0.15, 0.2) is 0 Å². The van der Waals surface area contributed by atoms with Gasteiger partial charge >= 0.3 is 5.97 Å². The number of halogens is 2. The number of rotatable bonds is 5. The molecule has 0 heterocycles. The monoisotopic (exact) mass is 439 g/mol. The van der Waals surface area contributed by atoms with Crippen LogP contribution in [-0.2, 0) is 9.53 Å². The first-order valence-electron chi connectivity index (χ1n) is 6.85. The number of hydrogen-bond donors (Lipinski definition) is 1. The lowest BCUT2D eigenvalue weighted by atomic mass is 10.1. The molecule has 0 aliphatic rings. The summed E-state index contributed by atoms with van der Waals surface area (Å²) in [5, 5.41) is 2.79. The molecule has 0 saturated heterocycles. The van der Waals surface area contributed by atoms with Crippen molar-refractivity contribution in [1.29, 1.82) is 0 Å². The van der Waals surface area contributed by atoms with Crippen LogP contribution in [0.4, 0.5) is 5.69 Å². The van der Waals surface area contributed by atoms with Crippen LogP contribution in [0.3, 0.4) is 0 Å². The Kier molecular flexibility index (Phi) is 6.36. The minimum Gasteiger partial charge on any atom is -0.465 e. The highest BCUT2D eigenvalue weighted by atomic mass is 79.9. The number of hydrogen-bond acceptors (Lipinski definition) is 3. The zero-order valence-corrected chi connectivity index (χ0v) is 15.5. The third kappa shape index (κ3) is 4.65. The van der Waals surface area contributed by atoms with Crippen LogP contribution in [0.25, 0.3) is 0 Å². The SMILES string of the molecule is COC(=O)c1cccc(NC(=O)[C@H](Br)[C@@H](Br)c2ccccc2)c1. The number of anilines is 1. The molecule has 0 fully saturated rings. The Labute approximate surface area is 151 Å². The maximum absolute atomic E-state index is 12.4. The molecule has 120 valence electrons. The molecule has 4 nitrogen and oxygen atoms in total. The van der Waals surface area contributed by atoms with E-state index in [1.54, 1.807) is 24.3 Å². The first-order chi connectivity index (χ1) is 11.0. The number of nitrogens with one attached hydrogen (secondary N) is 1. The van der Waals surface area contributed by atoms with E-state index < -0.39 is 10.8 Å². The maximum Gasteiger partial charge on any atom is 0.337 e. The summed E-state index contributed by atoms with van der Waals surface area (Å²) < 4.78 is 4.67. The second-order valence-corrected chi connectivity index (χ2v) is 6.75. The summed E-state index contributed by atoms with van der Waals surface area (Å²) in [7, 11) is 1.32. The Balaban J connectivity index is 2.08. The Morgan fingerprint density at radius 3 is 2.39 bits per heavy atom. The van der Waals surface area contributed by atoms with Crippen molar-refractivity contribution in [3.8, 4) is 0 Å². The fourth-order valence-corrected chi connectivity index (χ4v) is 2.96. The molecule has 2 aromatic carbocycles. The molecule has 0 aromatic heterocycles. The van der Waals surface area contributed by atoms with Crippen molar-refractivity contribution in [3.63, 3.8) is 0 Å². The standard InChI is InChI=1S/C17H15Br2NO3/c1-23-17(22)12-8-5-9-13(10-12)20-16(21)15(19)14(18)11-6-3-2-4-7-11/h2-10,14-15H,1H3,(H,20,21)/t14-,15+/m0/s1. The predicted octanol–water partition coefficient (Wildman–Crippen LogP) is 4.31. The maximum atomic E-state index is 12.4. The zero-order chi connectivity index (χ0) is 16.8. The quantitative estimate of drug-likeness (QED) is 0.556. The van der Waals surface area contributed by atoms with Gasteiger partial charge in [-0.05, 0) is 23.8 Å². The highest BCUT2D eigenvalue weighted by Crippen LogP contribution is 2.31. The fraction of sp³-hybridized carbons (Fsp3) is 0.176. The van der Waals surface area contributed by atoms with E-state index in [4.69, 9.17) is 0 Å². The Morgan fingerprint density at radius 1 is 1.04 bits per heavy atom. The van der Waals surface area contributed by atoms with Crippen LogP contribution < -0.4 is 5.32 Å². The van der Waals surface area contributed by atoms with Crippen LogP contribution in [0.1, 0.15) is 20.7 Å². The van der Waals surface area contributed by atoms with Crippen LogP contribution >= 0.6 is 31.9 Å². The van der Waals surface area contributed by atoms with Crippen LogP contribution in [0, 0.1) is 0 Å². The second kappa shape index (κ2) is 8.26. The molecule has 6 heteroatoms. The first-order valence-corrected chi connectivity index (χ1v) is 8.68. The molecule has 0 spiro atoms. The summed E-state index contributed by atoms with van der Waals surface area (Å²) in [4.78, 5) is 23.3. The normalized spacial score (nSPS) is 13.0. The van der Waals surface area contributed by atoms with Crippen LogP contribution in [-0.4, -0.2) is 23.8 Å². The van der Waals surface area contributed by atoms with Crippen molar-refractivity contribution in [1.82, 2.24) is 0 Å². The molecule has 1 amide bonds. The third-order valence-electron chi connectivity index (χ3n) is 3.18. The molecule has 0 bridgehead atoms. The van der Waals surface area contributed by atoms with Crippen molar-refractivity contribution >= 4 is 49.4 Å². The highest BCUT2D eigenvalue weighted by molar-refractivity contribution is 9.12. The van der Waals surface area contributed by atoms with Gasteiger partial charge in [-0.3, -0.25) is 4.79 Å². The summed E-state index contributed by atoms with van der Waals surface area (Å²) in [6, 6.07) is 16.3. The lowest BCUT2D eigenvalue weighted by Gasteiger charge is -2.17. The minimum atomic E-state index is -0.466. The van der Waals surface area contributed by atoms with E-state index >= 15 is 0 Å². The van der Waals surface area contributed by atoms with Gasteiger partial charge in [-0.25, -0.2) is 4.79 Å². The van der Waals surface area contributed by atoms with Gasteiger partial charge in [-0.15, -0.1) is 0 Å². The smallest absolute Gasteiger partial charge is 0.337 e. The molecule has 23 heavy (non-hydrogen) atoms. The van der Waals surface area contributed by atoms with Gasteiger partial charge in [0.05, 0.1) is 17.5 Å². The predicted molar refractivity (Wildman–Crippen MR) is 97.2 cm³/mol. The number of esters is 1. The van der Waals surface area contributed by atoms with Gasteiger partial charge in [0.1, 0.15) is 4.83 Å². The van der Waals surface area contributed by atoms with Gasteiger partial charge in [0, 0.05) is 5.69 Å². The zero-order valence-electron chi connectivity index (χ0n) is 12.3. The molecular weight excluding hydrogens is 426 g/mol. The van der Waals surface area contributed by atoms with Gasteiger partial charge in [0.2, 0.25) is 5.91 Å². The van der Waals surface area contributed by atoms with Crippen molar-refractivity contribution < 1.29 is 14.3 Å². The minimum absolute atomic E-state index is 0.174. The molecule has 0 saturated carbocycles. The lowest BCUT2D eigenvalue weighted by molar-refractivity contribution is -0.115. The topological polar surface area (TPSA) is 55.4 Å². The van der Waals surface area contributed by atoms with Crippen molar-refractivity contribution in [3.05, 3.63) is 65.7 Å². The van der Waals surface area contributed by atoms with Gasteiger partial charge in [-0.2, -0.15) is 0 Å². The highest BCUT2D eigenvalue weighted by Gasteiger charge is 2.25. The number of carbonyl (C=O) groups is 2. The van der Waals surface area contributed by atoms with Crippen molar-refractivity contribution in [2.45, 2.75) is 9.65 Å². The van der Waals surface area contributed by atoms with Gasteiger partial charge < -0.3 is 10.1 Å². The summed E-state index contributed by atoms with van der Waals surface area (Å²) >= 11 is 6.95. The summed E-state index contributed by atoms with van der Waals surface area (Å²) in [5.74, 6) is -0.656. The molecule has 0 aliphatic heterocycles. The molecule has 0 unspecified atom stereocenters. The summed E-state index contributed by atoms with van der Waals surface area (Å²) in [6.45, 7) is 0. The molecule has 0 radical (unpaired) electrons. The third-order valence-corrected chi connectivity index (χ3v) is 5.89. The molecular formula is C17H15Br2NO3. The number of ether oxygens (including phenoxy) is 1. The Hall–Kier alpha value is -1.66. The number of benzene rings is 2. The Bertz CT molecular complexity index is 691. The van der Waals surface area contributed by atoms with E-state index in [0.29, 0.717) is 11.3 Å². The first kappa shape index (κ1) is 17.7. The lowest BCUT2D eigenvalue weighted by Crippen LogP contribution is -2.26. The van der Waals surface area contributed by atoms with E-state index in [9.17, 15) is 9.59 Å². The molecule has 2 aromatic rings. The molecule has 0 aliphatic carbocycles. The van der Waals surface area contributed by atoms with Crippen LogP contribution in [0.5, 0.6) is 0 Å². The van der Waals surface area contributed by atoms with Crippen molar-refractivity contribution in [2.24, 2.45) is 0 Å². The summed E-state index contributed by atoms with van der Waals surface area (Å²) in [5.41, 5.74) is 1.91. The Morgan fingerprint density at radius 2 is 1.74 bits per heavy atom. The molecule has 2 rings (SSSR count). The van der Waals surface area contributed by atoms with Crippen molar-refractivity contribution in [2.75, 3.05) is 12.4 Å². The largest absolute Gasteiger partial charge is 0.465 e. The number of amides is 1. The van der Waals surface area contributed by atoms with E-state index in [2.05, 4.69) is 41.9 Å². The average molecular weight is 441 g/mol. The van der Waals surface area contributed by atoms with E-state index in [1.807, 2.05) is 30.3 Å². The fourth-order valence-electron chi connectivity index (χ4n) is 1.99. The van der Waals surface area contributed by atoms with Gasteiger partial charge in [0.25, 0.3) is 0 Å².